The number of hydrogen-bond acceptors (Lipinski definition) is 4. The van der Waals surface area contributed by atoms with Gasteiger partial charge in [-0.05, 0) is 6.08 Å². The number of nitro groups is 1. The Morgan fingerprint density at radius 2 is 2.38 bits per heavy atom. The molecule has 0 aliphatic heterocycles. The van der Waals surface area contributed by atoms with Crippen molar-refractivity contribution in [3.63, 3.8) is 0 Å². The van der Waals surface area contributed by atoms with Crippen molar-refractivity contribution in [2.75, 3.05) is 6.54 Å². The molecular weight excluding hydrogens is 174 g/mol. The number of rotatable bonds is 3. The van der Waals surface area contributed by atoms with Crippen LogP contribution in [0.3, 0.4) is 0 Å². The van der Waals surface area contributed by atoms with Gasteiger partial charge < -0.3 is 4.74 Å². The highest BCUT2D eigenvalue weighted by molar-refractivity contribution is 5.66. The predicted molar refractivity (Wildman–Crippen MR) is 44.7 cm³/mol. The highest BCUT2D eigenvalue weighted by Crippen LogP contribution is 2.20. The number of nitrogens with zero attached hydrogens (tertiary/aromatic N) is 1. The van der Waals surface area contributed by atoms with Crippen LogP contribution in [0.25, 0.3) is 0 Å². The maximum absolute atomic E-state index is 10.5. The zero-order valence-electron chi connectivity index (χ0n) is 7.30. The molecule has 2 atom stereocenters. The molecule has 13 heavy (non-hydrogen) atoms. The molecule has 0 amide bonds. The number of ether oxygens (including phenoxy) is 1. The Balaban J connectivity index is 2.33. The third-order valence-corrected chi connectivity index (χ3v) is 1.83. The maximum Gasteiger partial charge on any atom is 0.303 e. The first-order valence-electron chi connectivity index (χ1n) is 4.05. The van der Waals surface area contributed by atoms with Gasteiger partial charge in [0, 0.05) is 24.2 Å². The van der Waals surface area contributed by atoms with E-state index in [1.807, 2.05) is 0 Å². The molecule has 5 heteroatoms. The van der Waals surface area contributed by atoms with Crippen LogP contribution >= 0.6 is 0 Å². The lowest BCUT2D eigenvalue weighted by molar-refractivity contribution is -0.486. The summed E-state index contributed by atoms with van der Waals surface area (Å²) in [5, 5.41) is 10.1. The summed E-state index contributed by atoms with van der Waals surface area (Å²) in [6, 6.07) is 0. The molecule has 72 valence electrons. The van der Waals surface area contributed by atoms with E-state index in [2.05, 4.69) is 0 Å². The summed E-state index contributed by atoms with van der Waals surface area (Å²) in [5.41, 5.74) is 0. The van der Waals surface area contributed by atoms with E-state index in [-0.39, 0.29) is 29.5 Å². The molecule has 0 unspecified atom stereocenters. The van der Waals surface area contributed by atoms with Crippen molar-refractivity contribution in [1.82, 2.24) is 0 Å². The van der Waals surface area contributed by atoms with E-state index in [4.69, 9.17) is 4.74 Å². The van der Waals surface area contributed by atoms with E-state index in [0.29, 0.717) is 6.42 Å². The normalized spacial score (nSPS) is 25.9. The van der Waals surface area contributed by atoms with Gasteiger partial charge in [-0.2, -0.15) is 0 Å². The molecule has 0 fully saturated rings. The van der Waals surface area contributed by atoms with E-state index < -0.39 is 0 Å². The molecule has 0 radical (unpaired) electrons. The fourth-order valence-electron chi connectivity index (χ4n) is 1.36. The average molecular weight is 185 g/mol. The average Bonchev–Trinajstić information content (AvgIpc) is 2.33. The van der Waals surface area contributed by atoms with Crippen molar-refractivity contribution in [3.8, 4) is 0 Å². The molecule has 1 aliphatic carbocycles. The van der Waals surface area contributed by atoms with Crippen LogP contribution in [0.15, 0.2) is 12.2 Å². The van der Waals surface area contributed by atoms with Crippen LogP contribution in [0.4, 0.5) is 0 Å². The van der Waals surface area contributed by atoms with Crippen molar-refractivity contribution in [3.05, 3.63) is 22.3 Å². The summed E-state index contributed by atoms with van der Waals surface area (Å²) >= 11 is 0. The standard InChI is InChI=1S/C8H11NO4/c1-6(10)13-8-3-2-7(4-8)5-9(11)12/h2-3,7-8H,4-5H2,1H3/t7-,8+/m1/s1. The topological polar surface area (TPSA) is 69.4 Å². The number of carbonyl (C=O) groups excluding carboxylic acids is 1. The minimum atomic E-state index is -0.356. The molecule has 1 rings (SSSR count). The minimum Gasteiger partial charge on any atom is -0.458 e. The SMILES string of the molecule is CC(=O)O[C@H]1C=C[C@@H](C[N+](=O)[O-])C1. The molecule has 0 aromatic rings. The predicted octanol–water partition coefficient (Wildman–Crippen LogP) is 0.771. The van der Waals surface area contributed by atoms with Gasteiger partial charge >= 0.3 is 5.97 Å². The first-order chi connectivity index (χ1) is 6.08. The maximum atomic E-state index is 10.5. The summed E-state index contributed by atoms with van der Waals surface area (Å²) in [5.74, 6) is -0.448. The fourth-order valence-corrected chi connectivity index (χ4v) is 1.36. The Kier molecular flexibility index (Phi) is 3.00. The fraction of sp³-hybridized carbons (Fsp3) is 0.625. The molecule has 0 saturated heterocycles. The van der Waals surface area contributed by atoms with Gasteiger partial charge in [-0.25, -0.2) is 0 Å². The second kappa shape index (κ2) is 4.02. The van der Waals surface area contributed by atoms with E-state index in [1.165, 1.54) is 6.92 Å². The Labute approximate surface area is 75.5 Å². The van der Waals surface area contributed by atoms with Crippen molar-refractivity contribution in [2.24, 2.45) is 5.92 Å². The van der Waals surface area contributed by atoms with Crippen LogP contribution in [0.5, 0.6) is 0 Å². The second-order valence-electron chi connectivity index (χ2n) is 3.04. The van der Waals surface area contributed by atoms with Crippen molar-refractivity contribution in [1.29, 1.82) is 0 Å². The number of esters is 1. The quantitative estimate of drug-likeness (QED) is 0.282. The monoisotopic (exact) mass is 185 g/mol. The smallest absolute Gasteiger partial charge is 0.303 e. The zero-order valence-corrected chi connectivity index (χ0v) is 7.30. The van der Waals surface area contributed by atoms with Gasteiger partial charge in [0.05, 0.1) is 0 Å². The molecule has 0 aromatic carbocycles. The van der Waals surface area contributed by atoms with Crippen molar-refractivity contribution in [2.45, 2.75) is 19.4 Å². The first-order valence-corrected chi connectivity index (χ1v) is 4.05. The van der Waals surface area contributed by atoms with Crippen molar-refractivity contribution >= 4 is 5.97 Å². The molecule has 0 spiro atoms. The highest BCUT2D eigenvalue weighted by Gasteiger charge is 2.24. The Hall–Kier alpha value is -1.39. The first kappa shape index (κ1) is 9.70. The molecule has 0 aromatic heterocycles. The second-order valence-corrected chi connectivity index (χ2v) is 3.04. The summed E-state index contributed by atoms with van der Waals surface area (Å²) < 4.78 is 4.87. The Morgan fingerprint density at radius 1 is 1.69 bits per heavy atom. The molecule has 5 nitrogen and oxygen atoms in total. The third-order valence-electron chi connectivity index (χ3n) is 1.83. The van der Waals surface area contributed by atoms with Gasteiger partial charge in [-0.15, -0.1) is 0 Å². The van der Waals surface area contributed by atoms with Gasteiger partial charge in [0.25, 0.3) is 0 Å². The van der Waals surface area contributed by atoms with E-state index in [0.717, 1.165) is 0 Å². The number of carbonyl (C=O) groups is 1. The largest absolute Gasteiger partial charge is 0.458 e. The minimum absolute atomic E-state index is 0.0890. The summed E-state index contributed by atoms with van der Waals surface area (Å²) in [6.45, 7) is 1.24. The molecule has 0 saturated carbocycles. The Morgan fingerprint density at radius 3 is 2.92 bits per heavy atom. The summed E-state index contributed by atoms with van der Waals surface area (Å²) in [6.07, 6.45) is 3.69. The lowest BCUT2D eigenvalue weighted by atomic mass is 10.1. The van der Waals surface area contributed by atoms with Crippen LogP contribution < -0.4 is 0 Å². The van der Waals surface area contributed by atoms with Crippen LogP contribution in [-0.4, -0.2) is 23.5 Å². The molecule has 1 aliphatic rings. The zero-order chi connectivity index (χ0) is 9.84. The van der Waals surface area contributed by atoms with Gasteiger partial charge in [-0.3, -0.25) is 14.9 Å². The lowest BCUT2D eigenvalue weighted by Gasteiger charge is -2.08. The highest BCUT2D eigenvalue weighted by atomic mass is 16.6. The summed E-state index contributed by atoms with van der Waals surface area (Å²) in [4.78, 5) is 20.3. The summed E-state index contributed by atoms with van der Waals surface area (Å²) in [7, 11) is 0. The molecule has 0 heterocycles. The van der Waals surface area contributed by atoms with E-state index in [1.54, 1.807) is 12.2 Å². The van der Waals surface area contributed by atoms with E-state index in [9.17, 15) is 14.9 Å². The Bertz CT molecular complexity index is 225. The molecule has 0 bridgehead atoms. The van der Waals surface area contributed by atoms with Crippen LogP contribution in [0.2, 0.25) is 0 Å². The van der Waals surface area contributed by atoms with Crippen molar-refractivity contribution < 1.29 is 14.5 Å². The van der Waals surface area contributed by atoms with Crippen LogP contribution in [-0.2, 0) is 9.53 Å². The molecule has 0 N–H and O–H groups in total. The van der Waals surface area contributed by atoms with Gasteiger partial charge in [-0.1, -0.05) is 6.08 Å². The van der Waals surface area contributed by atoms with Gasteiger partial charge in [0.2, 0.25) is 6.54 Å². The van der Waals surface area contributed by atoms with E-state index >= 15 is 0 Å². The number of hydrogen-bond donors (Lipinski definition) is 0. The third kappa shape index (κ3) is 3.23. The lowest BCUT2D eigenvalue weighted by Crippen LogP contribution is -2.16. The van der Waals surface area contributed by atoms with Crippen LogP contribution in [0.1, 0.15) is 13.3 Å². The van der Waals surface area contributed by atoms with Crippen LogP contribution in [0, 0.1) is 16.0 Å². The molecular formula is C8H11NO4. The van der Waals surface area contributed by atoms with Gasteiger partial charge in [0.1, 0.15) is 6.10 Å². The van der Waals surface area contributed by atoms with Gasteiger partial charge in [0.15, 0.2) is 0 Å².